The van der Waals surface area contributed by atoms with E-state index in [4.69, 9.17) is 9.47 Å². The number of carbonyl (C=O) groups is 1. The van der Waals surface area contributed by atoms with Gasteiger partial charge in [-0.25, -0.2) is 0 Å². The van der Waals surface area contributed by atoms with Gasteiger partial charge in [0.15, 0.2) is 11.5 Å². The summed E-state index contributed by atoms with van der Waals surface area (Å²) in [4.78, 5) is 15.2. The van der Waals surface area contributed by atoms with Gasteiger partial charge in [0, 0.05) is 11.7 Å². The van der Waals surface area contributed by atoms with E-state index >= 15 is 0 Å². The number of amides is 1. The minimum atomic E-state index is -0.201. The van der Waals surface area contributed by atoms with Crippen molar-refractivity contribution < 1.29 is 14.3 Å². The Labute approximate surface area is 166 Å². The van der Waals surface area contributed by atoms with Gasteiger partial charge in [-0.15, -0.1) is 0 Å². The normalized spacial score (nSPS) is 18.6. The molecule has 2 aromatic carbocycles. The van der Waals surface area contributed by atoms with Crippen LogP contribution in [0.25, 0.3) is 0 Å². The van der Waals surface area contributed by atoms with Gasteiger partial charge in [0.25, 0.3) is 5.91 Å². The van der Waals surface area contributed by atoms with Crippen molar-refractivity contribution in [2.24, 2.45) is 5.92 Å². The molecule has 0 aromatic heterocycles. The summed E-state index contributed by atoms with van der Waals surface area (Å²) in [6, 6.07) is 14.0. The Morgan fingerprint density at radius 2 is 1.89 bits per heavy atom. The Kier molecular flexibility index (Phi) is 5.16. The molecule has 1 aliphatic carbocycles. The van der Waals surface area contributed by atoms with Crippen LogP contribution in [0, 0.1) is 5.92 Å². The summed E-state index contributed by atoms with van der Waals surface area (Å²) in [5.41, 5.74) is 2.63. The van der Waals surface area contributed by atoms with Crippen molar-refractivity contribution in [3.8, 4) is 11.5 Å². The summed E-state index contributed by atoms with van der Waals surface area (Å²) in [6.07, 6.45) is 1.91. The second-order valence-corrected chi connectivity index (χ2v) is 7.88. The number of fused-ring (bicyclic) bond motifs is 1. The molecule has 148 valence electrons. The van der Waals surface area contributed by atoms with Gasteiger partial charge in [0.1, 0.15) is 6.17 Å². The van der Waals surface area contributed by atoms with Crippen LogP contribution in [0.5, 0.6) is 11.5 Å². The van der Waals surface area contributed by atoms with Crippen LogP contribution in [0.3, 0.4) is 0 Å². The highest BCUT2D eigenvalue weighted by atomic mass is 16.5. The lowest BCUT2D eigenvalue weighted by Crippen LogP contribution is -2.44. The third kappa shape index (κ3) is 3.66. The van der Waals surface area contributed by atoms with Gasteiger partial charge in [-0.2, -0.15) is 0 Å². The second kappa shape index (κ2) is 7.74. The SMILES string of the molecule is CCOc1cc([C@@H]2Nc3ccccc3C(=O)N2C2CC2)ccc1OCC(C)C. The number of para-hydroxylation sites is 1. The Morgan fingerprint density at radius 1 is 1.11 bits per heavy atom. The van der Waals surface area contributed by atoms with Crippen LogP contribution >= 0.6 is 0 Å². The third-order valence-corrected chi connectivity index (χ3v) is 5.06. The summed E-state index contributed by atoms with van der Waals surface area (Å²) < 4.78 is 11.8. The first-order chi connectivity index (χ1) is 13.6. The van der Waals surface area contributed by atoms with Crippen LogP contribution in [0.15, 0.2) is 42.5 Å². The van der Waals surface area contributed by atoms with Gasteiger partial charge in [0.05, 0.1) is 18.8 Å². The van der Waals surface area contributed by atoms with Crippen LogP contribution in [0.2, 0.25) is 0 Å². The van der Waals surface area contributed by atoms with Gasteiger partial charge >= 0.3 is 0 Å². The predicted octanol–water partition coefficient (Wildman–Crippen LogP) is 4.85. The monoisotopic (exact) mass is 380 g/mol. The van der Waals surface area contributed by atoms with E-state index in [9.17, 15) is 4.79 Å². The molecule has 1 atom stereocenters. The fraction of sp³-hybridized carbons (Fsp3) is 0.435. The maximum Gasteiger partial charge on any atom is 0.258 e. The van der Waals surface area contributed by atoms with Gasteiger partial charge < -0.3 is 19.7 Å². The summed E-state index contributed by atoms with van der Waals surface area (Å²) in [6.45, 7) is 7.41. The second-order valence-electron chi connectivity index (χ2n) is 7.88. The van der Waals surface area contributed by atoms with Crippen LogP contribution in [0.4, 0.5) is 5.69 Å². The van der Waals surface area contributed by atoms with E-state index in [-0.39, 0.29) is 12.1 Å². The van der Waals surface area contributed by atoms with E-state index < -0.39 is 0 Å². The van der Waals surface area contributed by atoms with Crippen LogP contribution < -0.4 is 14.8 Å². The number of hydrogen-bond donors (Lipinski definition) is 1. The lowest BCUT2D eigenvalue weighted by Gasteiger charge is -2.38. The molecule has 5 nitrogen and oxygen atoms in total. The van der Waals surface area contributed by atoms with Crippen molar-refractivity contribution in [1.29, 1.82) is 0 Å². The van der Waals surface area contributed by atoms with E-state index in [0.717, 1.165) is 41.2 Å². The first-order valence-electron chi connectivity index (χ1n) is 10.2. The molecule has 28 heavy (non-hydrogen) atoms. The molecule has 0 saturated heterocycles. The lowest BCUT2D eigenvalue weighted by atomic mass is 10.0. The average molecular weight is 380 g/mol. The largest absolute Gasteiger partial charge is 0.490 e. The van der Waals surface area contributed by atoms with Crippen molar-refractivity contribution in [1.82, 2.24) is 4.90 Å². The Hall–Kier alpha value is -2.69. The summed E-state index contributed by atoms with van der Waals surface area (Å²) in [5, 5.41) is 3.56. The zero-order chi connectivity index (χ0) is 19.7. The smallest absolute Gasteiger partial charge is 0.258 e. The molecule has 0 spiro atoms. The van der Waals surface area contributed by atoms with Crippen molar-refractivity contribution in [2.45, 2.75) is 45.8 Å². The molecular formula is C23H28N2O3. The van der Waals surface area contributed by atoms with Crippen LogP contribution in [-0.2, 0) is 0 Å². The standard InChI is InChI=1S/C23H28N2O3/c1-4-27-21-13-16(9-12-20(21)28-14-15(2)3)22-24-19-8-6-5-7-18(19)23(26)25(22)17-10-11-17/h5-9,12-13,15,17,22,24H,4,10-11,14H2,1-3H3/t22-/m1/s1. The molecule has 5 heteroatoms. The van der Waals surface area contributed by atoms with Crippen molar-refractivity contribution in [3.63, 3.8) is 0 Å². The topological polar surface area (TPSA) is 50.8 Å². The van der Waals surface area contributed by atoms with Crippen molar-refractivity contribution in [2.75, 3.05) is 18.5 Å². The molecule has 2 aromatic rings. The van der Waals surface area contributed by atoms with Gasteiger partial charge in [-0.05, 0) is 55.5 Å². The lowest BCUT2D eigenvalue weighted by molar-refractivity contribution is 0.0666. The number of anilines is 1. The van der Waals surface area contributed by atoms with E-state index in [2.05, 4.69) is 19.2 Å². The number of carbonyl (C=O) groups excluding carboxylic acids is 1. The fourth-order valence-electron chi connectivity index (χ4n) is 3.58. The molecule has 1 N–H and O–H groups in total. The maximum atomic E-state index is 13.2. The summed E-state index contributed by atoms with van der Waals surface area (Å²) >= 11 is 0. The number of nitrogens with zero attached hydrogens (tertiary/aromatic N) is 1. The number of nitrogens with one attached hydrogen (secondary N) is 1. The molecule has 1 aliphatic heterocycles. The van der Waals surface area contributed by atoms with Crippen molar-refractivity contribution >= 4 is 11.6 Å². The first kappa shape index (κ1) is 18.7. The molecule has 0 bridgehead atoms. The molecule has 1 amide bonds. The Morgan fingerprint density at radius 3 is 2.61 bits per heavy atom. The molecular weight excluding hydrogens is 352 g/mol. The van der Waals surface area contributed by atoms with E-state index in [1.807, 2.05) is 54.3 Å². The molecule has 2 aliphatic rings. The quantitative estimate of drug-likeness (QED) is 0.746. The highest BCUT2D eigenvalue weighted by Gasteiger charge is 2.42. The van der Waals surface area contributed by atoms with E-state index in [0.29, 0.717) is 25.2 Å². The molecule has 1 saturated carbocycles. The zero-order valence-corrected chi connectivity index (χ0v) is 16.8. The van der Waals surface area contributed by atoms with Crippen LogP contribution in [-0.4, -0.2) is 30.1 Å². The Bertz CT molecular complexity index is 861. The average Bonchev–Trinajstić information content (AvgIpc) is 3.52. The number of benzene rings is 2. The molecule has 0 radical (unpaired) electrons. The molecule has 1 heterocycles. The fourth-order valence-corrected chi connectivity index (χ4v) is 3.58. The third-order valence-electron chi connectivity index (χ3n) is 5.06. The molecule has 4 rings (SSSR count). The zero-order valence-electron chi connectivity index (χ0n) is 16.8. The van der Waals surface area contributed by atoms with Gasteiger partial charge in [0.2, 0.25) is 0 Å². The van der Waals surface area contributed by atoms with Gasteiger partial charge in [-0.3, -0.25) is 4.79 Å². The summed E-state index contributed by atoms with van der Waals surface area (Å²) in [5.74, 6) is 2.01. The summed E-state index contributed by atoms with van der Waals surface area (Å²) in [7, 11) is 0. The van der Waals surface area contributed by atoms with Crippen molar-refractivity contribution in [3.05, 3.63) is 53.6 Å². The van der Waals surface area contributed by atoms with Gasteiger partial charge in [-0.1, -0.05) is 32.0 Å². The Balaban J connectivity index is 1.68. The number of ether oxygens (including phenoxy) is 2. The first-order valence-corrected chi connectivity index (χ1v) is 10.2. The number of rotatable bonds is 7. The highest BCUT2D eigenvalue weighted by Crippen LogP contribution is 2.42. The predicted molar refractivity (Wildman–Crippen MR) is 110 cm³/mol. The molecule has 1 fully saturated rings. The minimum absolute atomic E-state index is 0.0972. The van der Waals surface area contributed by atoms with E-state index in [1.165, 1.54) is 0 Å². The van der Waals surface area contributed by atoms with E-state index in [1.54, 1.807) is 0 Å². The molecule has 0 unspecified atom stereocenters. The highest BCUT2D eigenvalue weighted by molar-refractivity contribution is 6.02. The van der Waals surface area contributed by atoms with Crippen LogP contribution in [0.1, 0.15) is 55.7 Å². The maximum absolute atomic E-state index is 13.2. The number of hydrogen-bond acceptors (Lipinski definition) is 4. The minimum Gasteiger partial charge on any atom is -0.490 e.